The first-order valence-corrected chi connectivity index (χ1v) is 17.2. The lowest BCUT2D eigenvalue weighted by Crippen LogP contribution is -2.00. The summed E-state index contributed by atoms with van der Waals surface area (Å²) >= 11 is 0. The molecule has 2 heterocycles. The molecular weight excluding hydrogens is 649 g/mol. The van der Waals surface area contributed by atoms with Crippen molar-refractivity contribution in [3.05, 3.63) is 182 Å². The van der Waals surface area contributed by atoms with Gasteiger partial charge in [0.15, 0.2) is 23.1 Å². The highest BCUT2D eigenvalue weighted by atomic mass is 16.3. The van der Waals surface area contributed by atoms with Crippen LogP contribution in [-0.4, -0.2) is 19.9 Å². The molecule has 53 heavy (non-hydrogen) atoms. The molecule has 8 aromatic carbocycles. The fourth-order valence-electron chi connectivity index (χ4n) is 6.75. The Labute approximate surface area is 313 Å². The van der Waals surface area contributed by atoms with Gasteiger partial charge in [-0.2, -0.15) is 0 Å². The van der Waals surface area contributed by atoms with E-state index in [4.69, 9.17) is 26.2 Å². The summed E-state index contributed by atoms with van der Waals surface area (Å²) in [7, 11) is 0. The molecule has 0 saturated carbocycles. The average Bonchev–Trinajstić information content (AvgIpc) is 3.74. The Bertz CT molecular complexity index is 3200. The second-order valence-corrected chi connectivity index (χ2v) is 12.7. The summed E-state index contributed by atoms with van der Waals surface area (Å²) in [6, 6.07) is 47.9. The number of aromatic nitrogens is 4. The molecule has 0 atom stereocenters. The van der Waals surface area contributed by atoms with Crippen molar-refractivity contribution in [3.63, 3.8) is 0 Å². The van der Waals surface area contributed by atoms with Gasteiger partial charge in [0.25, 0.3) is 0 Å². The van der Waals surface area contributed by atoms with Crippen molar-refractivity contribution in [1.29, 1.82) is 0 Å². The fraction of sp³-hybridized carbons (Fsp3) is 0. The molecule has 10 aromatic rings. The zero-order valence-corrected chi connectivity index (χ0v) is 28.1. The van der Waals surface area contributed by atoms with E-state index in [9.17, 15) is 0 Å². The van der Waals surface area contributed by atoms with E-state index in [1.54, 1.807) is 0 Å². The van der Waals surface area contributed by atoms with Crippen molar-refractivity contribution in [1.82, 2.24) is 19.9 Å². The van der Waals surface area contributed by atoms with Crippen molar-refractivity contribution in [2.75, 3.05) is 0 Å². The highest BCUT2D eigenvalue weighted by Crippen LogP contribution is 2.37. The number of hydrogen-bond acceptors (Lipinski definition) is 5. The Morgan fingerprint density at radius 1 is 0.396 bits per heavy atom. The van der Waals surface area contributed by atoms with Gasteiger partial charge in [0.2, 0.25) is 5.89 Å². The summed E-state index contributed by atoms with van der Waals surface area (Å²) in [5.41, 5.74) is 6.54. The Balaban J connectivity index is 1.05. The van der Waals surface area contributed by atoms with Gasteiger partial charge in [-0.1, -0.05) is 164 Å². The molecule has 5 heteroatoms. The minimum atomic E-state index is -0.324. The van der Waals surface area contributed by atoms with E-state index in [1.807, 2.05) is 133 Å². The van der Waals surface area contributed by atoms with Gasteiger partial charge in [0.1, 0.15) is 5.52 Å². The van der Waals surface area contributed by atoms with Crippen molar-refractivity contribution in [3.8, 4) is 67.9 Å². The van der Waals surface area contributed by atoms with E-state index >= 15 is 0 Å². The topological polar surface area (TPSA) is 64.7 Å². The van der Waals surface area contributed by atoms with Crippen LogP contribution in [0, 0.1) is 0 Å². The third-order valence-electron chi connectivity index (χ3n) is 9.40. The van der Waals surface area contributed by atoms with E-state index in [0.29, 0.717) is 39.5 Å². The minimum absolute atomic E-state index is 0.0845. The number of fused-ring (bicyclic) bond motifs is 4. The second-order valence-electron chi connectivity index (χ2n) is 12.7. The molecule has 0 aliphatic carbocycles. The summed E-state index contributed by atoms with van der Waals surface area (Å²) in [5, 5.41) is 2.57. The van der Waals surface area contributed by atoms with Gasteiger partial charge in [-0.25, -0.2) is 19.9 Å². The van der Waals surface area contributed by atoms with Crippen LogP contribution in [0.3, 0.4) is 0 Å². The minimum Gasteiger partial charge on any atom is -0.435 e. The van der Waals surface area contributed by atoms with E-state index in [2.05, 4.69) is 23.2 Å². The largest absolute Gasteiger partial charge is 0.435 e. The fourth-order valence-corrected chi connectivity index (χ4v) is 6.75. The van der Waals surface area contributed by atoms with Crippen molar-refractivity contribution < 1.29 is 11.3 Å². The van der Waals surface area contributed by atoms with E-state index < -0.39 is 0 Å². The summed E-state index contributed by atoms with van der Waals surface area (Å²) in [6.45, 7) is 0. The molecule has 0 unspecified atom stereocenters. The van der Waals surface area contributed by atoms with E-state index in [1.165, 1.54) is 0 Å². The highest BCUT2D eigenvalue weighted by molar-refractivity contribution is 6.11. The first kappa shape index (κ1) is 25.7. The predicted molar refractivity (Wildman–Crippen MR) is 215 cm³/mol. The maximum Gasteiger partial charge on any atom is 0.227 e. The molecule has 0 radical (unpaired) electrons. The predicted octanol–water partition coefficient (Wildman–Crippen LogP) is 12.3. The molecule has 0 aliphatic rings. The number of rotatable bonds is 6. The lowest BCUT2D eigenvalue weighted by Gasteiger charge is -2.11. The quantitative estimate of drug-likeness (QED) is 0.175. The summed E-state index contributed by atoms with van der Waals surface area (Å²) in [5.74, 6) is 1.99. The van der Waals surface area contributed by atoms with Gasteiger partial charge in [0.05, 0.1) is 6.85 Å². The zero-order valence-electron chi connectivity index (χ0n) is 33.1. The highest BCUT2D eigenvalue weighted by Gasteiger charge is 2.16. The van der Waals surface area contributed by atoms with Crippen LogP contribution >= 0.6 is 0 Å². The normalized spacial score (nSPS) is 12.7. The first-order chi connectivity index (χ1) is 28.3. The lowest BCUT2D eigenvalue weighted by atomic mass is 9.95. The van der Waals surface area contributed by atoms with Gasteiger partial charge >= 0.3 is 0 Å². The zero-order chi connectivity index (χ0) is 39.5. The van der Waals surface area contributed by atoms with Gasteiger partial charge < -0.3 is 4.42 Å². The third kappa shape index (κ3) is 5.61. The monoisotopic (exact) mass is 683 g/mol. The molecule has 5 nitrogen and oxygen atoms in total. The van der Waals surface area contributed by atoms with Crippen LogP contribution in [0.5, 0.6) is 0 Å². The summed E-state index contributed by atoms with van der Waals surface area (Å²) in [6.07, 6.45) is 0. The average molecular weight is 684 g/mol. The second kappa shape index (κ2) is 12.8. The molecule has 0 aliphatic heterocycles. The molecule has 2 aromatic heterocycles. The van der Waals surface area contributed by atoms with Crippen LogP contribution < -0.4 is 0 Å². The molecule has 10 rings (SSSR count). The smallest absolute Gasteiger partial charge is 0.227 e. The standard InChI is InChI=1S/C48H30N4O/c1-3-12-36(13-4-1)45-50-46(52-47(51-45)41-20-9-16-33-11-7-8-18-39(33)41)37-27-23-32(24-28-37)31-21-25-34(26-22-31)40-19-10-17-35-29-30-42-44(43(35)40)53-48(49-42)38-14-5-2-6-15-38/h1-30H/i10D,17D,19D,29D,30D. The van der Waals surface area contributed by atoms with Crippen LogP contribution in [-0.2, 0) is 0 Å². The third-order valence-corrected chi connectivity index (χ3v) is 9.40. The van der Waals surface area contributed by atoms with Gasteiger partial charge in [-0.3, -0.25) is 0 Å². The SMILES string of the molecule is [2H]c1c([2H])c(-c2ccc(-c3ccc(-c4nc(-c5ccccc5)nc(-c5cccc6ccccc56)n4)cc3)cc2)c2c(c1[2H])c([2H])c([2H])c1nc(-c3ccccc3)oc12. The van der Waals surface area contributed by atoms with Crippen LogP contribution in [0.1, 0.15) is 6.85 Å². The number of oxazole rings is 1. The molecule has 0 saturated heterocycles. The lowest BCUT2D eigenvalue weighted by molar-refractivity contribution is 0.623. The molecule has 0 spiro atoms. The maximum absolute atomic E-state index is 9.03. The van der Waals surface area contributed by atoms with Crippen LogP contribution in [0.25, 0.3) is 101 Å². The molecule has 0 amide bonds. The molecule has 0 bridgehead atoms. The van der Waals surface area contributed by atoms with E-state index in [-0.39, 0.29) is 52.6 Å². The summed E-state index contributed by atoms with van der Waals surface area (Å²) < 4.78 is 50.4. The number of benzene rings is 8. The van der Waals surface area contributed by atoms with Crippen molar-refractivity contribution >= 4 is 32.6 Å². The molecule has 248 valence electrons. The Morgan fingerprint density at radius 2 is 0.981 bits per heavy atom. The molecular formula is C48H30N4O. The molecule has 0 N–H and O–H groups in total. The first-order valence-electron chi connectivity index (χ1n) is 19.7. The van der Waals surface area contributed by atoms with Crippen molar-refractivity contribution in [2.24, 2.45) is 0 Å². The summed E-state index contributed by atoms with van der Waals surface area (Å²) in [4.78, 5) is 19.4. The Kier molecular flexibility index (Phi) is 6.21. The van der Waals surface area contributed by atoms with Gasteiger partial charge in [-0.15, -0.1) is 0 Å². The van der Waals surface area contributed by atoms with Gasteiger partial charge in [-0.05, 0) is 56.6 Å². The Morgan fingerprint density at radius 3 is 1.72 bits per heavy atom. The van der Waals surface area contributed by atoms with Crippen molar-refractivity contribution in [2.45, 2.75) is 0 Å². The van der Waals surface area contributed by atoms with E-state index in [0.717, 1.165) is 38.6 Å². The van der Waals surface area contributed by atoms with Crippen LogP contribution in [0.4, 0.5) is 0 Å². The number of nitrogens with zero attached hydrogens (tertiary/aromatic N) is 4. The Hall–Kier alpha value is -7.24. The van der Waals surface area contributed by atoms with Crippen LogP contribution in [0.15, 0.2) is 186 Å². The maximum atomic E-state index is 9.03. The number of hydrogen-bond donors (Lipinski definition) is 0. The molecule has 0 fully saturated rings. The van der Waals surface area contributed by atoms with Crippen LogP contribution in [0.2, 0.25) is 0 Å². The van der Waals surface area contributed by atoms with Gasteiger partial charge in [0, 0.05) is 27.6 Å².